The third kappa shape index (κ3) is 2.87. The van der Waals surface area contributed by atoms with Crippen LogP contribution < -0.4 is 11.1 Å². The molecule has 1 aromatic carbocycles. The molecule has 0 unspecified atom stereocenters. The minimum Gasteiger partial charge on any atom is -0.508 e. The van der Waals surface area contributed by atoms with E-state index in [2.05, 4.69) is 5.32 Å². The van der Waals surface area contributed by atoms with Crippen LogP contribution >= 0.6 is 23.2 Å². The zero-order valence-corrected chi connectivity index (χ0v) is 12.7. The van der Waals surface area contributed by atoms with Gasteiger partial charge < -0.3 is 16.2 Å². The molecule has 4 N–H and O–H groups in total. The highest BCUT2D eigenvalue weighted by Gasteiger charge is 2.35. The van der Waals surface area contributed by atoms with Gasteiger partial charge in [-0.15, -0.1) is 0 Å². The molecule has 0 aromatic heterocycles. The molecule has 0 spiro atoms. The molecule has 1 saturated heterocycles. The van der Waals surface area contributed by atoms with E-state index in [-0.39, 0.29) is 29.5 Å². The van der Waals surface area contributed by atoms with Crippen LogP contribution in [-0.4, -0.2) is 17.6 Å². The van der Waals surface area contributed by atoms with E-state index in [0.717, 1.165) is 0 Å². The summed E-state index contributed by atoms with van der Waals surface area (Å²) in [5.74, 6) is -0.171. The summed E-state index contributed by atoms with van der Waals surface area (Å²) in [5, 5.41) is 14.1. The van der Waals surface area contributed by atoms with Gasteiger partial charge >= 0.3 is 0 Å². The molecule has 0 aliphatic carbocycles. The second-order valence-electron chi connectivity index (χ2n) is 5.17. The Labute approximate surface area is 128 Å². The summed E-state index contributed by atoms with van der Waals surface area (Å²) < 4.78 is 0. The number of rotatable bonds is 4. The molecule has 1 aromatic rings. The van der Waals surface area contributed by atoms with Crippen molar-refractivity contribution in [2.75, 3.05) is 6.54 Å². The van der Waals surface area contributed by atoms with Crippen molar-refractivity contribution in [1.29, 1.82) is 0 Å². The number of hydrogen-bond donors (Lipinski definition) is 3. The number of nitrogens with two attached hydrogens (primary N) is 1. The van der Waals surface area contributed by atoms with Crippen molar-refractivity contribution in [1.82, 2.24) is 5.32 Å². The first kappa shape index (κ1) is 15.4. The maximum Gasteiger partial charge on any atom is 0.220 e. The smallest absolute Gasteiger partial charge is 0.220 e. The molecule has 0 radical (unpaired) electrons. The fourth-order valence-electron chi connectivity index (χ4n) is 2.94. The molecule has 1 heterocycles. The van der Waals surface area contributed by atoms with Crippen molar-refractivity contribution >= 4 is 29.1 Å². The number of phenolic OH excluding ortho intramolecular Hbond substituents is 1. The average Bonchev–Trinajstić information content (AvgIpc) is 2.84. The summed E-state index contributed by atoms with van der Waals surface area (Å²) in [5.41, 5.74) is 6.03. The summed E-state index contributed by atoms with van der Waals surface area (Å²) in [7, 11) is 0. The van der Waals surface area contributed by atoms with Gasteiger partial charge in [0, 0.05) is 17.5 Å². The Morgan fingerprint density at radius 1 is 1.55 bits per heavy atom. The molecule has 2 rings (SSSR count). The normalized spacial score (nSPS) is 23.8. The average molecular weight is 317 g/mol. The standard InChI is InChI=1S/C14H18Cl2N2O2/c1-2-8(14(17)20)7-5-10(18-6-7)12-11(19)4-3-9(15)13(12)16/h3-4,7-8,10,18-19H,2,5-6H2,1H3,(H2,17,20)/t7-,8-,10+/m0/s1. The first-order valence-corrected chi connectivity index (χ1v) is 7.40. The van der Waals surface area contributed by atoms with E-state index in [1.165, 1.54) is 6.07 Å². The molecular formula is C14H18Cl2N2O2. The molecule has 110 valence electrons. The third-order valence-electron chi connectivity index (χ3n) is 4.00. The van der Waals surface area contributed by atoms with Gasteiger partial charge in [0.05, 0.1) is 10.0 Å². The fourth-order valence-corrected chi connectivity index (χ4v) is 3.40. The number of amides is 1. The van der Waals surface area contributed by atoms with Crippen molar-refractivity contribution in [3.63, 3.8) is 0 Å². The molecular weight excluding hydrogens is 299 g/mol. The molecule has 0 saturated carbocycles. The summed E-state index contributed by atoms with van der Waals surface area (Å²) in [4.78, 5) is 11.4. The van der Waals surface area contributed by atoms with Gasteiger partial charge in [0.2, 0.25) is 5.91 Å². The highest BCUT2D eigenvalue weighted by Crippen LogP contribution is 2.42. The lowest BCUT2D eigenvalue weighted by molar-refractivity contribution is -0.123. The molecule has 1 amide bonds. The van der Waals surface area contributed by atoms with Crippen LogP contribution in [0.2, 0.25) is 10.0 Å². The highest BCUT2D eigenvalue weighted by atomic mass is 35.5. The predicted octanol–water partition coefficient (Wildman–Crippen LogP) is 2.86. The van der Waals surface area contributed by atoms with E-state index in [1.54, 1.807) is 6.07 Å². The summed E-state index contributed by atoms with van der Waals surface area (Å²) >= 11 is 12.2. The number of carbonyl (C=O) groups excluding carboxylic acids is 1. The zero-order chi connectivity index (χ0) is 14.9. The van der Waals surface area contributed by atoms with E-state index >= 15 is 0 Å². The molecule has 4 nitrogen and oxygen atoms in total. The number of hydrogen-bond acceptors (Lipinski definition) is 3. The third-order valence-corrected chi connectivity index (χ3v) is 4.82. The lowest BCUT2D eigenvalue weighted by atomic mass is 9.86. The Bertz CT molecular complexity index is 522. The maximum atomic E-state index is 11.4. The molecule has 3 atom stereocenters. The van der Waals surface area contributed by atoms with Gasteiger partial charge in [0.1, 0.15) is 5.75 Å². The number of halogens is 2. The number of aromatic hydroxyl groups is 1. The monoisotopic (exact) mass is 316 g/mol. The van der Waals surface area contributed by atoms with Crippen molar-refractivity contribution < 1.29 is 9.90 Å². The molecule has 1 fully saturated rings. The zero-order valence-electron chi connectivity index (χ0n) is 11.2. The van der Waals surface area contributed by atoms with E-state index in [9.17, 15) is 9.90 Å². The first-order valence-electron chi connectivity index (χ1n) is 6.65. The van der Waals surface area contributed by atoms with E-state index in [1.807, 2.05) is 6.92 Å². The van der Waals surface area contributed by atoms with Gasteiger partial charge in [0.15, 0.2) is 0 Å². The van der Waals surface area contributed by atoms with Crippen LogP contribution in [0, 0.1) is 11.8 Å². The molecule has 1 aliphatic heterocycles. The van der Waals surface area contributed by atoms with Gasteiger partial charge in [-0.2, -0.15) is 0 Å². The van der Waals surface area contributed by atoms with Crippen molar-refractivity contribution in [3.05, 3.63) is 27.7 Å². The summed E-state index contributed by atoms with van der Waals surface area (Å²) in [6, 6.07) is 2.98. The lowest BCUT2D eigenvalue weighted by Crippen LogP contribution is -2.30. The van der Waals surface area contributed by atoms with Crippen LogP contribution in [0.3, 0.4) is 0 Å². The number of primary amides is 1. The Morgan fingerprint density at radius 2 is 2.25 bits per heavy atom. The Morgan fingerprint density at radius 3 is 2.85 bits per heavy atom. The van der Waals surface area contributed by atoms with Crippen LogP contribution in [0.25, 0.3) is 0 Å². The van der Waals surface area contributed by atoms with Crippen LogP contribution in [0.4, 0.5) is 0 Å². The minimum absolute atomic E-state index is 0.111. The minimum atomic E-state index is -0.277. The predicted molar refractivity (Wildman–Crippen MR) is 80.0 cm³/mol. The second kappa shape index (κ2) is 6.20. The van der Waals surface area contributed by atoms with Crippen molar-refractivity contribution in [3.8, 4) is 5.75 Å². The highest BCUT2D eigenvalue weighted by molar-refractivity contribution is 6.42. The molecule has 6 heteroatoms. The number of nitrogens with one attached hydrogen (secondary N) is 1. The summed E-state index contributed by atoms with van der Waals surface area (Å²) in [6.45, 7) is 2.63. The second-order valence-corrected chi connectivity index (χ2v) is 5.95. The largest absolute Gasteiger partial charge is 0.508 e. The topological polar surface area (TPSA) is 75.4 Å². The van der Waals surface area contributed by atoms with Gasteiger partial charge in [0.25, 0.3) is 0 Å². The number of benzene rings is 1. The van der Waals surface area contributed by atoms with Gasteiger partial charge in [-0.25, -0.2) is 0 Å². The van der Waals surface area contributed by atoms with E-state index in [4.69, 9.17) is 28.9 Å². The Hall–Kier alpha value is -0.970. The Balaban J connectivity index is 2.22. The van der Waals surface area contributed by atoms with E-state index < -0.39 is 0 Å². The SMILES string of the molecule is CC[C@H](C(N)=O)[C@@H]1CN[C@@H](c2c(O)ccc(Cl)c2Cl)C1. The van der Waals surface area contributed by atoms with Crippen LogP contribution in [0.15, 0.2) is 12.1 Å². The van der Waals surface area contributed by atoms with Crippen molar-refractivity contribution in [2.45, 2.75) is 25.8 Å². The van der Waals surface area contributed by atoms with Gasteiger partial charge in [-0.3, -0.25) is 4.79 Å². The summed E-state index contributed by atoms with van der Waals surface area (Å²) in [6.07, 6.45) is 1.42. The van der Waals surface area contributed by atoms with Crippen molar-refractivity contribution in [2.24, 2.45) is 17.6 Å². The quantitative estimate of drug-likeness (QED) is 0.799. The fraction of sp³-hybridized carbons (Fsp3) is 0.500. The van der Waals surface area contributed by atoms with Crippen LogP contribution in [0.5, 0.6) is 5.75 Å². The van der Waals surface area contributed by atoms with Crippen LogP contribution in [0.1, 0.15) is 31.4 Å². The van der Waals surface area contributed by atoms with Gasteiger partial charge in [-0.1, -0.05) is 30.1 Å². The molecule has 1 aliphatic rings. The van der Waals surface area contributed by atoms with E-state index in [0.29, 0.717) is 35.0 Å². The van der Waals surface area contributed by atoms with Crippen LogP contribution in [-0.2, 0) is 4.79 Å². The molecule has 20 heavy (non-hydrogen) atoms. The number of carbonyl (C=O) groups is 1. The Kier molecular flexibility index (Phi) is 4.78. The molecule has 0 bridgehead atoms. The maximum absolute atomic E-state index is 11.4. The lowest BCUT2D eigenvalue weighted by Gasteiger charge is -2.19. The first-order chi connectivity index (χ1) is 9.45. The van der Waals surface area contributed by atoms with Gasteiger partial charge in [-0.05, 0) is 37.4 Å². The number of phenols is 1.